The van der Waals surface area contributed by atoms with Gasteiger partial charge in [-0.15, -0.1) is 11.3 Å². The van der Waals surface area contributed by atoms with Gasteiger partial charge in [-0.3, -0.25) is 4.79 Å². The molecule has 0 unspecified atom stereocenters. The molecule has 0 radical (unpaired) electrons. The molecule has 106 valence electrons. The quantitative estimate of drug-likeness (QED) is 0.763. The number of halogens is 3. The molecule has 2 aromatic rings. The molecule has 1 aromatic carbocycles. The first-order valence-electron chi connectivity index (χ1n) is 5.95. The Balaban J connectivity index is 1.93. The van der Waals surface area contributed by atoms with E-state index in [2.05, 4.69) is 37.2 Å². The van der Waals surface area contributed by atoms with Crippen molar-refractivity contribution in [2.75, 3.05) is 6.54 Å². The number of hydrogen-bond acceptors (Lipinski definition) is 2. The van der Waals surface area contributed by atoms with Gasteiger partial charge in [0.1, 0.15) is 5.82 Å². The Hall–Kier alpha value is -0.720. The third-order valence-corrected chi connectivity index (χ3v) is 5.23. The van der Waals surface area contributed by atoms with Crippen LogP contribution in [0.4, 0.5) is 4.39 Å². The van der Waals surface area contributed by atoms with E-state index in [0.29, 0.717) is 18.5 Å². The van der Waals surface area contributed by atoms with Crippen molar-refractivity contribution in [3.63, 3.8) is 0 Å². The number of rotatable bonds is 4. The van der Waals surface area contributed by atoms with Crippen molar-refractivity contribution in [1.82, 2.24) is 5.32 Å². The predicted octanol–water partition coefficient (Wildman–Crippen LogP) is 4.69. The van der Waals surface area contributed by atoms with Gasteiger partial charge in [0.05, 0.1) is 13.1 Å². The number of amides is 1. The molecule has 20 heavy (non-hydrogen) atoms. The second kappa shape index (κ2) is 6.83. The summed E-state index contributed by atoms with van der Waals surface area (Å²) in [4.78, 5) is 12.0. The van der Waals surface area contributed by atoms with Crippen LogP contribution in [0.5, 0.6) is 0 Å². The summed E-state index contributed by atoms with van der Waals surface area (Å²) in [6, 6.07) is 6.49. The largest absolute Gasteiger partial charge is 0.352 e. The van der Waals surface area contributed by atoms with E-state index in [4.69, 9.17) is 0 Å². The van der Waals surface area contributed by atoms with Crippen molar-refractivity contribution in [3.8, 4) is 0 Å². The summed E-state index contributed by atoms with van der Waals surface area (Å²) in [5, 5.41) is 2.87. The first-order chi connectivity index (χ1) is 9.47. The molecule has 1 amide bonds. The molecule has 0 aliphatic heterocycles. The number of carbonyl (C=O) groups excluding carboxylic acids is 1. The molecule has 2 rings (SSSR count). The molecular weight excluding hydrogens is 409 g/mol. The van der Waals surface area contributed by atoms with Gasteiger partial charge in [0.15, 0.2) is 0 Å². The maximum atomic E-state index is 13.0. The molecule has 1 heterocycles. The predicted molar refractivity (Wildman–Crippen MR) is 86.9 cm³/mol. The minimum Gasteiger partial charge on any atom is -0.352 e. The summed E-state index contributed by atoms with van der Waals surface area (Å²) in [5.74, 6) is -0.346. The Labute approximate surface area is 137 Å². The van der Waals surface area contributed by atoms with Crippen molar-refractivity contribution < 1.29 is 9.18 Å². The van der Waals surface area contributed by atoms with Crippen molar-refractivity contribution in [2.24, 2.45) is 0 Å². The maximum absolute atomic E-state index is 13.0. The van der Waals surface area contributed by atoms with Crippen LogP contribution in [0.25, 0.3) is 0 Å². The number of nitrogens with one attached hydrogen (secondary N) is 1. The Morgan fingerprint density at radius 2 is 2.10 bits per heavy atom. The lowest BCUT2D eigenvalue weighted by Crippen LogP contribution is -2.25. The summed E-state index contributed by atoms with van der Waals surface area (Å²) in [7, 11) is 0. The SMILES string of the molecule is Cc1cc(F)ccc1CCNC(=O)c1cc(Br)sc1Br. The fraction of sp³-hybridized carbons (Fsp3) is 0.214. The zero-order chi connectivity index (χ0) is 14.7. The average molecular weight is 421 g/mol. The van der Waals surface area contributed by atoms with E-state index in [1.165, 1.54) is 23.5 Å². The fourth-order valence-electron chi connectivity index (χ4n) is 1.84. The van der Waals surface area contributed by atoms with Gasteiger partial charge in [-0.05, 0) is 74.5 Å². The zero-order valence-electron chi connectivity index (χ0n) is 10.7. The molecule has 6 heteroatoms. The number of carbonyl (C=O) groups is 1. The van der Waals surface area contributed by atoms with Gasteiger partial charge in [0.2, 0.25) is 0 Å². The summed E-state index contributed by atoms with van der Waals surface area (Å²) >= 11 is 8.17. The fourth-order valence-corrected chi connectivity index (χ4v) is 4.63. The lowest BCUT2D eigenvalue weighted by molar-refractivity contribution is 0.0954. The van der Waals surface area contributed by atoms with Crippen LogP contribution in [-0.4, -0.2) is 12.5 Å². The maximum Gasteiger partial charge on any atom is 0.253 e. The topological polar surface area (TPSA) is 29.1 Å². The van der Waals surface area contributed by atoms with E-state index < -0.39 is 0 Å². The van der Waals surface area contributed by atoms with Crippen LogP contribution in [0.15, 0.2) is 31.8 Å². The van der Waals surface area contributed by atoms with Crippen LogP contribution in [0.3, 0.4) is 0 Å². The monoisotopic (exact) mass is 419 g/mol. The second-order valence-electron chi connectivity index (χ2n) is 4.31. The van der Waals surface area contributed by atoms with Gasteiger partial charge >= 0.3 is 0 Å². The van der Waals surface area contributed by atoms with Crippen LogP contribution in [0, 0.1) is 12.7 Å². The minimum absolute atomic E-state index is 0.112. The number of thiophene rings is 1. The van der Waals surface area contributed by atoms with Crippen molar-refractivity contribution in [3.05, 3.63) is 54.3 Å². The molecule has 1 aromatic heterocycles. The number of benzene rings is 1. The highest BCUT2D eigenvalue weighted by atomic mass is 79.9. The van der Waals surface area contributed by atoms with E-state index >= 15 is 0 Å². The highest BCUT2D eigenvalue weighted by Gasteiger charge is 2.13. The normalized spacial score (nSPS) is 10.6. The standard InChI is InChI=1S/C14H12Br2FNOS/c1-8-6-10(17)3-2-9(8)4-5-18-14(19)11-7-12(15)20-13(11)16/h2-3,6-7H,4-5H2,1H3,(H,18,19). The third-order valence-electron chi connectivity index (χ3n) is 2.89. The number of aryl methyl sites for hydroxylation is 1. The summed E-state index contributed by atoms with van der Waals surface area (Å²) in [6.45, 7) is 2.39. The lowest BCUT2D eigenvalue weighted by atomic mass is 10.1. The molecule has 0 saturated carbocycles. The van der Waals surface area contributed by atoms with Crippen molar-refractivity contribution in [1.29, 1.82) is 0 Å². The van der Waals surface area contributed by atoms with E-state index in [0.717, 1.165) is 18.7 Å². The molecule has 0 bridgehead atoms. The Bertz CT molecular complexity index is 642. The first kappa shape index (κ1) is 15.7. The van der Waals surface area contributed by atoms with Crippen LogP contribution in [-0.2, 0) is 6.42 Å². The highest BCUT2D eigenvalue weighted by Crippen LogP contribution is 2.31. The van der Waals surface area contributed by atoms with E-state index in [1.807, 2.05) is 6.92 Å². The minimum atomic E-state index is -0.234. The molecule has 0 aliphatic rings. The van der Waals surface area contributed by atoms with Crippen LogP contribution >= 0.6 is 43.2 Å². The Kier molecular flexibility index (Phi) is 5.35. The molecule has 0 aliphatic carbocycles. The van der Waals surface area contributed by atoms with Crippen LogP contribution in [0.1, 0.15) is 21.5 Å². The molecule has 0 atom stereocenters. The van der Waals surface area contributed by atoms with Gasteiger partial charge in [-0.2, -0.15) is 0 Å². The lowest BCUT2D eigenvalue weighted by Gasteiger charge is -2.07. The molecule has 0 fully saturated rings. The highest BCUT2D eigenvalue weighted by molar-refractivity contribution is 9.12. The van der Waals surface area contributed by atoms with Gasteiger partial charge in [-0.25, -0.2) is 4.39 Å². The van der Waals surface area contributed by atoms with E-state index in [-0.39, 0.29) is 11.7 Å². The molecule has 0 saturated heterocycles. The van der Waals surface area contributed by atoms with Gasteiger partial charge in [0.25, 0.3) is 5.91 Å². The van der Waals surface area contributed by atoms with Crippen LogP contribution in [0.2, 0.25) is 0 Å². The molecule has 0 spiro atoms. The summed E-state index contributed by atoms with van der Waals surface area (Å²) < 4.78 is 14.7. The van der Waals surface area contributed by atoms with Crippen molar-refractivity contribution >= 4 is 49.1 Å². The van der Waals surface area contributed by atoms with Crippen LogP contribution < -0.4 is 5.32 Å². The summed E-state index contributed by atoms with van der Waals surface area (Å²) in [6.07, 6.45) is 0.681. The first-order valence-corrected chi connectivity index (χ1v) is 8.35. The van der Waals surface area contributed by atoms with Gasteiger partial charge < -0.3 is 5.32 Å². The molecular formula is C14H12Br2FNOS. The third kappa shape index (κ3) is 3.90. The van der Waals surface area contributed by atoms with Gasteiger partial charge in [-0.1, -0.05) is 6.07 Å². The summed E-state index contributed by atoms with van der Waals surface area (Å²) in [5.41, 5.74) is 2.56. The Morgan fingerprint density at radius 1 is 1.35 bits per heavy atom. The Morgan fingerprint density at radius 3 is 2.70 bits per heavy atom. The second-order valence-corrected chi connectivity index (χ2v) is 8.06. The van der Waals surface area contributed by atoms with Crippen molar-refractivity contribution in [2.45, 2.75) is 13.3 Å². The molecule has 1 N–H and O–H groups in total. The number of hydrogen-bond donors (Lipinski definition) is 1. The molecule has 2 nitrogen and oxygen atoms in total. The van der Waals surface area contributed by atoms with Gasteiger partial charge in [0, 0.05) is 6.54 Å². The average Bonchev–Trinajstić information content (AvgIpc) is 2.71. The zero-order valence-corrected chi connectivity index (χ0v) is 14.7. The van der Waals surface area contributed by atoms with E-state index in [1.54, 1.807) is 12.1 Å². The smallest absolute Gasteiger partial charge is 0.253 e. The van der Waals surface area contributed by atoms with E-state index in [9.17, 15) is 9.18 Å².